The molecular formula is C19H25N3O3. The number of aryl methyl sites for hydroxylation is 3. The fourth-order valence-electron chi connectivity index (χ4n) is 3.49. The number of furan rings is 1. The Morgan fingerprint density at radius 2 is 2.16 bits per heavy atom. The van der Waals surface area contributed by atoms with Gasteiger partial charge in [0.05, 0.1) is 30.5 Å². The van der Waals surface area contributed by atoms with E-state index in [4.69, 9.17) is 9.15 Å². The van der Waals surface area contributed by atoms with Crippen LogP contribution in [0.3, 0.4) is 0 Å². The number of aromatic nitrogens is 2. The van der Waals surface area contributed by atoms with Crippen molar-refractivity contribution in [2.24, 2.45) is 5.92 Å². The molecule has 1 fully saturated rings. The van der Waals surface area contributed by atoms with Gasteiger partial charge in [-0.2, -0.15) is 5.10 Å². The highest BCUT2D eigenvalue weighted by atomic mass is 16.5. The van der Waals surface area contributed by atoms with Crippen LogP contribution in [0.2, 0.25) is 0 Å². The molecule has 2 aliphatic rings. The molecule has 6 heteroatoms. The number of hydrogen-bond acceptors (Lipinski definition) is 4. The molecule has 0 saturated heterocycles. The van der Waals surface area contributed by atoms with Gasteiger partial charge in [0.15, 0.2) is 0 Å². The molecule has 4 rings (SSSR count). The molecule has 2 aromatic rings. The van der Waals surface area contributed by atoms with Gasteiger partial charge >= 0.3 is 0 Å². The van der Waals surface area contributed by atoms with Crippen molar-refractivity contribution >= 4 is 5.91 Å². The minimum Gasteiger partial charge on any atom is -0.466 e. The lowest BCUT2D eigenvalue weighted by Crippen LogP contribution is -2.42. The largest absolute Gasteiger partial charge is 0.466 e. The van der Waals surface area contributed by atoms with E-state index in [1.165, 1.54) is 12.8 Å². The molecule has 1 saturated carbocycles. The number of ether oxygens (including phenoxy) is 1. The van der Waals surface area contributed by atoms with E-state index in [9.17, 15) is 4.79 Å². The van der Waals surface area contributed by atoms with Gasteiger partial charge in [0.1, 0.15) is 11.5 Å². The van der Waals surface area contributed by atoms with E-state index in [1.807, 2.05) is 35.6 Å². The molecule has 0 bridgehead atoms. The maximum atomic E-state index is 13.2. The van der Waals surface area contributed by atoms with Gasteiger partial charge in [-0.25, -0.2) is 0 Å². The highest BCUT2D eigenvalue weighted by Crippen LogP contribution is 2.29. The minimum atomic E-state index is 0.0176. The Balaban J connectivity index is 1.55. The molecule has 3 heterocycles. The van der Waals surface area contributed by atoms with Gasteiger partial charge in [0.2, 0.25) is 0 Å². The average molecular weight is 343 g/mol. The number of carbonyl (C=O) groups is 1. The van der Waals surface area contributed by atoms with Gasteiger partial charge < -0.3 is 14.1 Å². The van der Waals surface area contributed by atoms with Crippen molar-refractivity contribution in [1.82, 2.24) is 14.7 Å². The summed E-state index contributed by atoms with van der Waals surface area (Å²) in [4.78, 5) is 15.2. The van der Waals surface area contributed by atoms with Gasteiger partial charge in [-0.1, -0.05) is 0 Å². The molecule has 0 spiro atoms. The van der Waals surface area contributed by atoms with Gasteiger partial charge in [-0.15, -0.1) is 0 Å². The molecule has 25 heavy (non-hydrogen) atoms. The van der Waals surface area contributed by atoms with Crippen molar-refractivity contribution in [2.45, 2.75) is 52.2 Å². The van der Waals surface area contributed by atoms with Crippen LogP contribution in [0.1, 0.15) is 46.8 Å². The van der Waals surface area contributed by atoms with Gasteiger partial charge in [0.25, 0.3) is 5.91 Å². The van der Waals surface area contributed by atoms with Crippen molar-refractivity contribution in [3.05, 3.63) is 41.1 Å². The van der Waals surface area contributed by atoms with Crippen molar-refractivity contribution in [3.8, 4) is 0 Å². The molecule has 1 aliphatic carbocycles. The lowest BCUT2D eigenvalue weighted by molar-refractivity contribution is 0.0369. The summed E-state index contributed by atoms with van der Waals surface area (Å²) in [7, 11) is 0. The Morgan fingerprint density at radius 1 is 1.32 bits per heavy atom. The summed E-state index contributed by atoms with van der Waals surface area (Å²) in [5.74, 6) is 2.19. The van der Waals surface area contributed by atoms with Crippen molar-refractivity contribution < 1.29 is 13.9 Å². The van der Waals surface area contributed by atoms with Gasteiger partial charge in [-0.3, -0.25) is 9.48 Å². The van der Waals surface area contributed by atoms with Crippen LogP contribution in [0.5, 0.6) is 0 Å². The first kappa shape index (κ1) is 16.4. The first-order valence-corrected chi connectivity index (χ1v) is 9.08. The third-order valence-electron chi connectivity index (χ3n) is 5.14. The second kappa shape index (κ2) is 6.67. The van der Waals surface area contributed by atoms with Crippen molar-refractivity contribution in [1.29, 1.82) is 0 Å². The summed E-state index contributed by atoms with van der Waals surface area (Å²) < 4.78 is 13.5. The first-order valence-electron chi connectivity index (χ1n) is 9.08. The maximum absolute atomic E-state index is 13.2. The topological polar surface area (TPSA) is 60.5 Å². The van der Waals surface area contributed by atoms with Crippen LogP contribution < -0.4 is 0 Å². The summed E-state index contributed by atoms with van der Waals surface area (Å²) in [6, 6.07) is 3.88. The summed E-state index contributed by atoms with van der Waals surface area (Å²) in [6.45, 7) is 6.49. The average Bonchev–Trinajstić information content (AvgIpc) is 3.25. The number of carbonyl (C=O) groups excluding carboxylic acids is 1. The molecule has 1 amide bonds. The Hall–Kier alpha value is -2.08. The second-order valence-corrected chi connectivity index (χ2v) is 7.23. The van der Waals surface area contributed by atoms with Crippen LogP contribution in [0.4, 0.5) is 0 Å². The van der Waals surface area contributed by atoms with E-state index in [0.717, 1.165) is 36.9 Å². The molecule has 6 nitrogen and oxygen atoms in total. The quantitative estimate of drug-likeness (QED) is 0.837. The molecule has 1 atom stereocenters. The summed E-state index contributed by atoms with van der Waals surface area (Å²) >= 11 is 0. The monoisotopic (exact) mass is 343 g/mol. The zero-order valence-electron chi connectivity index (χ0n) is 14.9. The number of amides is 1. The van der Waals surface area contributed by atoms with E-state index >= 15 is 0 Å². The standard InChI is InChI=1S/C19H25N3O3/c1-13-9-18(14(2)25-13)19(23)21-10-16-5-7-20-22(16)8-6-17(21)12-24-11-15-3-4-15/h5,7,9,15,17H,3-4,6,8,10-12H2,1-2H3/t17-/m1/s1. The first-order chi connectivity index (χ1) is 12.1. The third-order valence-corrected chi connectivity index (χ3v) is 5.14. The Bertz CT molecular complexity index is 760. The molecule has 0 aromatic carbocycles. The number of hydrogen-bond donors (Lipinski definition) is 0. The molecule has 1 aliphatic heterocycles. The number of fused-ring (bicyclic) bond motifs is 1. The van der Waals surface area contributed by atoms with Crippen molar-refractivity contribution in [3.63, 3.8) is 0 Å². The summed E-state index contributed by atoms with van der Waals surface area (Å²) in [5.41, 5.74) is 1.72. The summed E-state index contributed by atoms with van der Waals surface area (Å²) in [5, 5.41) is 4.38. The zero-order valence-corrected chi connectivity index (χ0v) is 14.9. The highest BCUT2D eigenvalue weighted by molar-refractivity contribution is 5.95. The fraction of sp³-hybridized carbons (Fsp3) is 0.579. The predicted molar refractivity (Wildman–Crippen MR) is 92.2 cm³/mol. The molecule has 0 unspecified atom stereocenters. The predicted octanol–water partition coefficient (Wildman–Crippen LogP) is 2.93. The lowest BCUT2D eigenvalue weighted by Gasteiger charge is -2.29. The number of nitrogens with zero attached hydrogens (tertiary/aromatic N) is 3. The van der Waals surface area contributed by atoms with Crippen molar-refractivity contribution in [2.75, 3.05) is 13.2 Å². The van der Waals surface area contributed by atoms with Crippen LogP contribution in [0, 0.1) is 19.8 Å². The molecule has 134 valence electrons. The lowest BCUT2D eigenvalue weighted by atomic mass is 10.1. The van der Waals surface area contributed by atoms with Crippen LogP contribution in [0.25, 0.3) is 0 Å². The Labute approximate surface area is 147 Å². The normalized spacial score (nSPS) is 20.4. The van der Waals surface area contributed by atoms with E-state index in [0.29, 0.717) is 24.5 Å². The van der Waals surface area contributed by atoms with Gasteiger partial charge in [0, 0.05) is 19.3 Å². The van der Waals surface area contributed by atoms with E-state index < -0.39 is 0 Å². The Morgan fingerprint density at radius 3 is 2.88 bits per heavy atom. The Kier molecular flexibility index (Phi) is 4.37. The van der Waals surface area contributed by atoms with Crippen LogP contribution >= 0.6 is 0 Å². The molecule has 0 radical (unpaired) electrons. The fourth-order valence-corrected chi connectivity index (χ4v) is 3.49. The minimum absolute atomic E-state index is 0.0176. The number of rotatable bonds is 5. The van der Waals surface area contributed by atoms with E-state index in [2.05, 4.69) is 5.10 Å². The summed E-state index contributed by atoms with van der Waals surface area (Å²) in [6.07, 6.45) is 5.20. The maximum Gasteiger partial charge on any atom is 0.258 e. The second-order valence-electron chi connectivity index (χ2n) is 7.23. The highest BCUT2D eigenvalue weighted by Gasteiger charge is 2.31. The zero-order chi connectivity index (χ0) is 17.4. The van der Waals surface area contributed by atoms with E-state index in [-0.39, 0.29) is 11.9 Å². The smallest absolute Gasteiger partial charge is 0.258 e. The van der Waals surface area contributed by atoms with Crippen LogP contribution in [-0.2, 0) is 17.8 Å². The molecular weight excluding hydrogens is 318 g/mol. The molecule has 2 aromatic heterocycles. The van der Waals surface area contributed by atoms with Crippen LogP contribution in [-0.4, -0.2) is 39.8 Å². The third kappa shape index (κ3) is 3.49. The van der Waals surface area contributed by atoms with Crippen LogP contribution in [0.15, 0.2) is 22.7 Å². The SMILES string of the molecule is Cc1cc(C(=O)N2Cc3ccnn3CC[C@@H]2COCC2CC2)c(C)o1. The van der Waals surface area contributed by atoms with Gasteiger partial charge in [-0.05, 0) is 51.2 Å². The molecule has 0 N–H and O–H groups in total. The van der Waals surface area contributed by atoms with E-state index in [1.54, 1.807) is 6.20 Å².